The molecule has 0 saturated heterocycles. The number of rotatable bonds is 5. The van der Waals surface area contributed by atoms with Crippen molar-refractivity contribution in [1.82, 2.24) is 14.7 Å². The van der Waals surface area contributed by atoms with Gasteiger partial charge in [0.25, 0.3) is 5.91 Å². The number of amides is 1. The molecule has 148 valence electrons. The van der Waals surface area contributed by atoms with Crippen molar-refractivity contribution in [2.24, 2.45) is 0 Å². The Labute approximate surface area is 170 Å². The van der Waals surface area contributed by atoms with Crippen molar-refractivity contribution in [3.63, 3.8) is 0 Å². The lowest BCUT2D eigenvalue weighted by Crippen LogP contribution is -2.33. The molecular formula is C24H24FN3O. The summed E-state index contributed by atoms with van der Waals surface area (Å²) in [7, 11) is 0. The van der Waals surface area contributed by atoms with E-state index in [9.17, 15) is 9.18 Å². The van der Waals surface area contributed by atoms with Crippen molar-refractivity contribution < 1.29 is 9.18 Å². The van der Waals surface area contributed by atoms with E-state index >= 15 is 0 Å². The van der Waals surface area contributed by atoms with E-state index in [1.54, 1.807) is 12.1 Å². The van der Waals surface area contributed by atoms with Crippen molar-refractivity contribution in [2.75, 3.05) is 0 Å². The van der Waals surface area contributed by atoms with Crippen LogP contribution in [-0.2, 0) is 19.4 Å². The standard InChI is InChI=1S/C24H24FN3O/c1-16-7-2-5-11-21(16)28-22-12-6-9-19(22)23(26-28)24(29)27(18-13-14-18)15-17-8-3-4-10-20(17)25/h2-5,7-8,10-11,18H,6,9,12-15H2,1H3. The monoisotopic (exact) mass is 389 g/mol. The third-order valence-electron chi connectivity index (χ3n) is 6.02. The van der Waals surface area contributed by atoms with Gasteiger partial charge in [-0.15, -0.1) is 0 Å². The van der Waals surface area contributed by atoms with Crippen LogP contribution in [0.1, 0.15) is 52.1 Å². The zero-order chi connectivity index (χ0) is 20.0. The molecule has 2 aromatic carbocycles. The first-order chi connectivity index (χ1) is 14.1. The molecule has 0 atom stereocenters. The summed E-state index contributed by atoms with van der Waals surface area (Å²) < 4.78 is 16.2. The normalized spacial score (nSPS) is 15.4. The van der Waals surface area contributed by atoms with Crippen LogP contribution in [0.3, 0.4) is 0 Å². The van der Waals surface area contributed by atoms with E-state index in [4.69, 9.17) is 5.10 Å². The van der Waals surface area contributed by atoms with Gasteiger partial charge >= 0.3 is 0 Å². The summed E-state index contributed by atoms with van der Waals surface area (Å²) in [6.45, 7) is 2.36. The predicted octanol–water partition coefficient (Wildman–Crippen LogP) is 4.61. The van der Waals surface area contributed by atoms with E-state index in [0.717, 1.165) is 54.6 Å². The summed E-state index contributed by atoms with van der Waals surface area (Å²) in [6, 6.07) is 15.0. The number of halogens is 1. The minimum Gasteiger partial charge on any atom is -0.330 e. The number of aromatic nitrogens is 2. The Morgan fingerprint density at radius 2 is 1.90 bits per heavy atom. The number of hydrogen-bond acceptors (Lipinski definition) is 2. The molecule has 2 aliphatic carbocycles. The lowest BCUT2D eigenvalue weighted by Gasteiger charge is -2.22. The van der Waals surface area contributed by atoms with Gasteiger partial charge in [0, 0.05) is 29.4 Å². The molecule has 1 fully saturated rings. The fraction of sp³-hybridized carbons (Fsp3) is 0.333. The first-order valence-electron chi connectivity index (χ1n) is 10.3. The summed E-state index contributed by atoms with van der Waals surface area (Å²) in [5.74, 6) is -0.331. The Morgan fingerprint density at radius 1 is 1.14 bits per heavy atom. The number of fused-ring (bicyclic) bond motifs is 1. The molecule has 1 amide bonds. The van der Waals surface area contributed by atoms with Crippen LogP contribution in [0.15, 0.2) is 48.5 Å². The Hall–Kier alpha value is -2.95. The number of benzene rings is 2. The fourth-order valence-electron chi connectivity index (χ4n) is 4.31. The quantitative estimate of drug-likeness (QED) is 0.639. The van der Waals surface area contributed by atoms with Crippen LogP contribution >= 0.6 is 0 Å². The molecular weight excluding hydrogens is 365 g/mol. The maximum Gasteiger partial charge on any atom is 0.275 e. The molecule has 0 radical (unpaired) electrons. The van der Waals surface area contributed by atoms with Crippen molar-refractivity contribution in [1.29, 1.82) is 0 Å². The van der Waals surface area contributed by atoms with Crippen LogP contribution in [-0.4, -0.2) is 26.6 Å². The highest BCUT2D eigenvalue weighted by atomic mass is 19.1. The highest BCUT2D eigenvalue weighted by Gasteiger charge is 2.37. The predicted molar refractivity (Wildman–Crippen MR) is 110 cm³/mol. The zero-order valence-electron chi connectivity index (χ0n) is 16.6. The average molecular weight is 389 g/mol. The lowest BCUT2D eigenvalue weighted by molar-refractivity contribution is 0.0720. The molecule has 1 heterocycles. The molecule has 0 unspecified atom stereocenters. The summed E-state index contributed by atoms with van der Waals surface area (Å²) in [6.07, 6.45) is 4.79. The van der Waals surface area contributed by atoms with Crippen LogP contribution in [0.2, 0.25) is 0 Å². The highest BCUT2D eigenvalue weighted by molar-refractivity contribution is 5.94. The Kier molecular flexibility index (Phi) is 4.46. The number of aryl methyl sites for hydroxylation is 1. The summed E-state index contributed by atoms with van der Waals surface area (Å²) >= 11 is 0. The first-order valence-corrected chi connectivity index (χ1v) is 10.3. The van der Waals surface area contributed by atoms with Gasteiger partial charge in [-0.3, -0.25) is 4.79 Å². The van der Waals surface area contributed by atoms with E-state index in [-0.39, 0.29) is 17.8 Å². The van der Waals surface area contributed by atoms with Crippen LogP contribution < -0.4 is 0 Å². The van der Waals surface area contributed by atoms with Gasteiger partial charge in [-0.2, -0.15) is 5.10 Å². The van der Waals surface area contributed by atoms with Gasteiger partial charge in [-0.1, -0.05) is 36.4 Å². The van der Waals surface area contributed by atoms with Crippen molar-refractivity contribution in [3.05, 3.63) is 82.4 Å². The van der Waals surface area contributed by atoms with Crippen LogP contribution in [0.25, 0.3) is 5.69 Å². The smallest absolute Gasteiger partial charge is 0.275 e. The largest absolute Gasteiger partial charge is 0.330 e. The molecule has 1 aromatic heterocycles. The van der Waals surface area contributed by atoms with Crippen molar-refractivity contribution >= 4 is 5.91 Å². The fourth-order valence-corrected chi connectivity index (χ4v) is 4.31. The van der Waals surface area contributed by atoms with Gasteiger partial charge in [-0.25, -0.2) is 9.07 Å². The van der Waals surface area contributed by atoms with Crippen molar-refractivity contribution in [2.45, 2.75) is 51.6 Å². The summed E-state index contributed by atoms with van der Waals surface area (Å²) in [5, 5.41) is 4.79. The molecule has 5 heteroatoms. The van der Waals surface area contributed by atoms with E-state index in [0.29, 0.717) is 17.8 Å². The molecule has 5 rings (SSSR count). The molecule has 1 saturated carbocycles. The number of nitrogens with zero attached hydrogens (tertiary/aromatic N) is 3. The van der Waals surface area contributed by atoms with Gasteiger partial charge < -0.3 is 4.90 Å². The van der Waals surface area contributed by atoms with E-state index < -0.39 is 0 Å². The first kappa shape index (κ1) is 18.1. The molecule has 0 bridgehead atoms. The Morgan fingerprint density at radius 3 is 2.66 bits per heavy atom. The average Bonchev–Trinajstić information content (AvgIpc) is 3.33. The molecule has 0 N–H and O–H groups in total. The zero-order valence-corrected chi connectivity index (χ0v) is 16.6. The van der Waals surface area contributed by atoms with Crippen LogP contribution in [0.4, 0.5) is 4.39 Å². The number of carbonyl (C=O) groups is 1. The van der Waals surface area contributed by atoms with Crippen molar-refractivity contribution in [3.8, 4) is 5.69 Å². The molecule has 2 aliphatic rings. The van der Waals surface area contributed by atoms with E-state index in [1.807, 2.05) is 33.8 Å². The topological polar surface area (TPSA) is 38.1 Å². The Balaban J connectivity index is 1.53. The highest BCUT2D eigenvalue weighted by Crippen LogP contribution is 2.34. The Bertz CT molecular complexity index is 1080. The minimum atomic E-state index is -0.262. The van der Waals surface area contributed by atoms with Gasteiger partial charge in [-0.05, 0) is 56.7 Å². The van der Waals surface area contributed by atoms with Gasteiger partial charge in [0.2, 0.25) is 0 Å². The maximum atomic E-state index is 14.2. The lowest BCUT2D eigenvalue weighted by atomic mass is 10.1. The number of carbonyl (C=O) groups excluding carboxylic acids is 1. The number of para-hydroxylation sites is 1. The summed E-state index contributed by atoms with van der Waals surface area (Å²) in [4.78, 5) is 15.4. The third kappa shape index (κ3) is 3.24. The third-order valence-corrected chi connectivity index (χ3v) is 6.02. The molecule has 0 spiro atoms. The minimum absolute atomic E-state index is 0.0683. The molecule has 0 aliphatic heterocycles. The summed E-state index contributed by atoms with van der Waals surface area (Å²) in [5.41, 5.74) is 5.47. The van der Waals surface area contributed by atoms with Crippen LogP contribution in [0.5, 0.6) is 0 Å². The van der Waals surface area contributed by atoms with E-state index in [1.165, 1.54) is 6.07 Å². The molecule has 29 heavy (non-hydrogen) atoms. The SMILES string of the molecule is Cc1ccccc1-n1nc(C(=O)N(Cc2ccccc2F)C2CC2)c2c1CCC2. The second-order valence-corrected chi connectivity index (χ2v) is 8.08. The van der Waals surface area contributed by atoms with Gasteiger partial charge in [0.15, 0.2) is 5.69 Å². The van der Waals surface area contributed by atoms with Crippen LogP contribution in [0, 0.1) is 12.7 Å². The van der Waals surface area contributed by atoms with Gasteiger partial charge in [0.1, 0.15) is 5.82 Å². The van der Waals surface area contributed by atoms with Gasteiger partial charge in [0.05, 0.1) is 5.69 Å². The number of hydrogen-bond donors (Lipinski definition) is 0. The maximum absolute atomic E-state index is 14.2. The second kappa shape index (κ2) is 7.14. The molecule has 4 nitrogen and oxygen atoms in total. The second-order valence-electron chi connectivity index (χ2n) is 8.08. The van der Waals surface area contributed by atoms with E-state index in [2.05, 4.69) is 13.0 Å². The molecule has 3 aromatic rings.